The lowest BCUT2D eigenvalue weighted by atomic mass is 10.2. The predicted molar refractivity (Wildman–Crippen MR) is 146 cm³/mol. The van der Waals surface area contributed by atoms with Crippen LogP contribution in [-0.2, 0) is 9.53 Å². The molecule has 0 aliphatic heterocycles. The number of ether oxygens (including phenoxy) is 5. The fraction of sp³-hybridized carbons (Fsp3) is 0.258. The molecule has 0 saturated heterocycles. The average Bonchev–Trinajstić information content (AvgIpc) is 2.95. The Labute approximate surface area is 228 Å². The average molecular weight is 533 g/mol. The molecule has 0 fully saturated rings. The first-order valence-corrected chi connectivity index (χ1v) is 12.6. The second kappa shape index (κ2) is 15.0. The first kappa shape index (κ1) is 29.0. The van der Waals surface area contributed by atoms with E-state index >= 15 is 0 Å². The Hall–Kier alpha value is -4.59. The van der Waals surface area contributed by atoms with Crippen LogP contribution in [0.15, 0.2) is 79.4 Å². The molecule has 0 N–H and O–H groups in total. The van der Waals surface area contributed by atoms with Gasteiger partial charge in [-0.05, 0) is 87.2 Å². The van der Waals surface area contributed by atoms with Gasteiger partial charge in [-0.2, -0.15) is 0 Å². The number of benzene rings is 3. The summed E-state index contributed by atoms with van der Waals surface area (Å²) in [4.78, 5) is 36.2. The van der Waals surface area contributed by atoms with Crippen LogP contribution in [0.5, 0.6) is 23.0 Å². The van der Waals surface area contributed by atoms with Crippen LogP contribution in [0, 0.1) is 6.92 Å². The monoisotopic (exact) mass is 532 g/mol. The van der Waals surface area contributed by atoms with Gasteiger partial charge in [0.1, 0.15) is 11.5 Å². The van der Waals surface area contributed by atoms with Crippen LogP contribution in [-0.4, -0.2) is 38.2 Å². The number of aryl methyl sites for hydroxylation is 1. The lowest BCUT2D eigenvalue weighted by molar-refractivity contribution is -0.137. The number of esters is 3. The molecule has 0 amide bonds. The van der Waals surface area contributed by atoms with Crippen molar-refractivity contribution in [2.75, 3.05) is 20.3 Å². The van der Waals surface area contributed by atoms with Gasteiger partial charge in [-0.25, -0.2) is 14.4 Å². The summed E-state index contributed by atoms with van der Waals surface area (Å²) >= 11 is 0. The van der Waals surface area contributed by atoms with Gasteiger partial charge in [0, 0.05) is 6.08 Å². The molecule has 3 rings (SSSR count). The van der Waals surface area contributed by atoms with E-state index in [9.17, 15) is 14.4 Å². The van der Waals surface area contributed by atoms with Crippen molar-refractivity contribution in [1.82, 2.24) is 0 Å². The molecule has 0 saturated carbocycles. The van der Waals surface area contributed by atoms with Gasteiger partial charge in [0.2, 0.25) is 0 Å². The third-order valence-electron chi connectivity index (χ3n) is 5.64. The van der Waals surface area contributed by atoms with Gasteiger partial charge < -0.3 is 23.7 Å². The summed E-state index contributed by atoms with van der Waals surface area (Å²) in [6, 6.07) is 18.2. The second-order valence-electron chi connectivity index (χ2n) is 8.62. The van der Waals surface area contributed by atoms with Crippen LogP contribution in [0.1, 0.15) is 52.0 Å². The summed E-state index contributed by atoms with van der Waals surface area (Å²) in [6.07, 6.45) is 4.67. The minimum Gasteiger partial charge on any atom is -0.494 e. The van der Waals surface area contributed by atoms with Crippen LogP contribution in [0.4, 0.5) is 0 Å². The molecule has 39 heavy (non-hydrogen) atoms. The van der Waals surface area contributed by atoms with Crippen molar-refractivity contribution < 1.29 is 38.1 Å². The minimum absolute atomic E-state index is 0.175. The van der Waals surface area contributed by atoms with E-state index in [0.717, 1.165) is 37.3 Å². The quantitative estimate of drug-likeness (QED) is 0.106. The molecule has 0 radical (unpaired) electrons. The molecule has 3 aromatic rings. The lowest BCUT2D eigenvalue weighted by Crippen LogP contribution is -2.11. The van der Waals surface area contributed by atoms with Gasteiger partial charge >= 0.3 is 17.9 Å². The summed E-state index contributed by atoms with van der Waals surface area (Å²) in [5.41, 5.74) is 1.64. The van der Waals surface area contributed by atoms with Gasteiger partial charge in [-0.1, -0.05) is 24.3 Å². The SMILES string of the molecule is C=CC(=O)OCCCCCCOc1ccc(C(=O)Oc2ccc(C(=O)Oc3ccc(C)cc3)cc2OC)cc1. The van der Waals surface area contributed by atoms with E-state index in [1.807, 2.05) is 19.1 Å². The molecule has 0 aromatic heterocycles. The molecule has 0 unspecified atom stereocenters. The topological polar surface area (TPSA) is 97.4 Å². The van der Waals surface area contributed by atoms with E-state index in [1.165, 1.54) is 25.3 Å². The van der Waals surface area contributed by atoms with Crippen LogP contribution in [0.2, 0.25) is 0 Å². The van der Waals surface area contributed by atoms with Gasteiger partial charge in [0.15, 0.2) is 11.5 Å². The normalized spacial score (nSPS) is 10.3. The first-order chi connectivity index (χ1) is 18.9. The van der Waals surface area contributed by atoms with Crippen LogP contribution >= 0.6 is 0 Å². The Balaban J connectivity index is 1.46. The first-order valence-electron chi connectivity index (χ1n) is 12.6. The fourth-order valence-electron chi connectivity index (χ4n) is 3.48. The number of methoxy groups -OCH3 is 1. The molecule has 0 bridgehead atoms. The van der Waals surface area contributed by atoms with Crippen molar-refractivity contribution in [1.29, 1.82) is 0 Å². The summed E-state index contributed by atoms with van der Waals surface area (Å²) in [6.45, 7) is 6.22. The van der Waals surface area contributed by atoms with Gasteiger partial charge in [-0.15, -0.1) is 0 Å². The van der Waals surface area contributed by atoms with E-state index in [4.69, 9.17) is 23.7 Å². The molecule has 3 aromatic carbocycles. The highest BCUT2D eigenvalue weighted by molar-refractivity contribution is 5.93. The highest BCUT2D eigenvalue weighted by atomic mass is 16.6. The van der Waals surface area contributed by atoms with Crippen molar-refractivity contribution in [3.63, 3.8) is 0 Å². The van der Waals surface area contributed by atoms with E-state index < -0.39 is 17.9 Å². The highest BCUT2D eigenvalue weighted by Gasteiger charge is 2.17. The van der Waals surface area contributed by atoms with Gasteiger partial charge in [0.25, 0.3) is 0 Å². The Morgan fingerprint density at radius 1 is 0.718 bits per heavy atom. The van der Waals surface area contributed by atoms with Gasteiger partial charge in [0.05, 0.1) is 31.5 Å². The van der Waals surface area contributed by atoms with Gasteiger partial charge in [-0.3, -0.25) is 0 Å². The molecule has 0 spiro atoms. The summed E-state index contributed by atoms with van der Waals surface area (Å²) in [5.74, 6) is -0.0725. The zero-order chi connectivity index (χ0) is 28.0. The Kier molecular flexibility index (Phi) is 11.1. The predicted octanol–water partition coefficient (Wildman–Crippen LogP) is 6.11. The number of carbonyl (C=O) groups excluding carboxylic acids is 3. The molecule has 0 aliphatic carbocycles. The van der Waals surface area contributed by atoms with E-state index in [0.29, 0.717) is 30.3 Å². The largest absolute Gasteiger partial charge is 0.494 e. The Morgan fingerprint density at radius 2 is 1.33 bits per heavy atom. The fourth-order valence-corrected chi connectivity index (χ4v) is 3.48. The summed E-state index contributed by atoms with van der Waals surface area (Å²) in [5, 5.41) is 0. The number of hydrogen-bond donors (Lipinski definition) is 0. The standard InChI is InChI=1S/C31H32O8/c1-4-29(32)37-20-8-6-5-7-19-36-25-16-11-23(12-17-25)30(33)39-27-18-13-24(21-28(27)35-3)31(34)38-26-14-9-22(2)10-15-26/h4,9-18,21H,1,5-8,19-20H2,2-3H3. The summed E-state index contributed by atoms with van der Waals surface area (Å²) < 4.78 is 26.9. The zero-order valence-corrected chi connectivity index (χ0v) is 22.1. The molecular formula is C31H32O8. The maximum atomic E-state index is 12.7. The molecule has 0 atom stereocenters. The van der Waals surface area contributed by atoms with Crippen LogP contribution in [0.3, 0.4) is 0 Å². The smallest absolute Gasteiger partial charge is 0.343 e. The van der Waals surface area contributed by atoms with Crippen LogP contribution < -0.4 is 18.9 Å². The molecule has 8 nitrogen and oxygen atoms in total. The number of hydrogen-bond acceptors (Lipinski definition) is 8. The third-order valence-corrected chi connectivity index (χ3v) is 5.64. The molecule has 0 heterocycles. The van der Waals surface area contributed by atoms with Crippen molar-refractivity contribution in [2.45, 2.75) is 32.6 Å². The Bertz CT molecular complexity index is 1260. The number of unbranched alkanes of at least 4 members (excludes halogenated alkanes) is 3. The zero-order valence-electron chi connectivity index (χ0n) is 22.1. The van der Waals surface area contributed by atoms with Crippen LogP contribution in [0.25, 0.3) is 0 Å². The molecular weight excluding hydrogens is 500 g/mol. The lowest BCUT2D eigenvalue weighted by Gasteiger charge is -2.11. The van der Waals surface area contributed by atoms with Crippen molar-refractivity contribution in [2.24, 2.45) is 0 Å². The Morgan fingerprint density at radius 3 is 2.00 bits per heavy atom. The van der Waals surface area contributed by atoms with Crippen molar-refractivity contribution >= 4 is 17.9 Å². The van der Waals surface area contributed by atoms with E-state index in [-0.39, 0.29) is 17.1 Å². The number of rotatable bonds is 14. The summed E-state index contributed by atoms with van der Waals surface area (Å²) in [7, 11) is 1.42. The number of carbonyl (C=O) groups is 3. The maximum absolute atomic E-state index is 12.7. The van der Waals surface area contributed by atoms with E-state index in [1.54, 1.807) is 36.4 Å². The molecule has 204 valence electrons. The third kappa shape index (κ3) is 9.34. The second-order valence-corrected chi connectivity index (χ2v) is 8.62. The van der Waals surface area contributed by atoms with Crippen molar-refractivity contribution in [3.8, 4) is 23.0 Å². The minimum atomic E-state index is -0.577. The van der Waals surface area contributed by atoms with E-state index in [2.05, 4.69) is 6.58 Å². The highest BCUT2D eigenvalue weighted by Crippen LogP contribution is 2.29. The molecule has 0 aliphatic rings. The maximum Gasteiger partial charge on any atom is 0.343 e. The van der Waals surface area contributed by atoms with Crippen molar-refractivity contribution in [3.05, 3.63) is 96.1 Å². The molecule has 8 heteroatoms.